The Morgan fingerprint density at radius 3 is 2.62 bits per heavy atom. The molecule has 2 unspecified atom stereocenters. The summed E-state index contributed by atoms with van der Waals surface area (Å²) in [5.74, 6) is 0.751. The number of hydrogen-bond acceptors (Lipinski definition) is 2. The summed E-state index contributed by atoms with van der Waals surface area (Å²) in [6, 6.07) is 0.592. The predicted octanol–water partition coefficient (Wildman–Crippen LogP) is 3.38. The summed E-state index contributed by atoms with van der Waals surface area (Å²) in [5.41, 5.74) is 0. The van der Waals surface area contributed by atoms with Gasteiger partial charge in [-0.15, -0.1) is 6.58 Å². The lowest BCUT2D eigenvalue weighted by atomic mass is 9.96. The Balaban J connectivity index is 3.39. The molecule has 16 heavy (non-hydrogen) atoms. The van der Waals surface area contributed by atoms with Gasteiger partial charge in [0.25, 0.3) is 0 Å². The summed E-state index contributed by atoms with van der Waals surface area (Å²) in [6.45, 7) is 10.1. The lowest BCUT2D eigenvalue weighted by Gasteiger charge is -2.21. The van der Waals surface area contributed by atoms with Gasteiger partial charge < -0.3 is 10.1 Å². The average Bonchev–Trinajstić information content (AvgIpc) is 2.28. The van der Waals surface area contributed by atoms with E-state index < -0.39 is 0 Å². The maximum absolute atomic E-state index is 5.03. The van der Waals surface area contributed by atoms with Crippen molar-refractivity contribution in [3.8, 4) is 0 Å². The molecule has 0 aliphatic carbocycles. The Hall–Kier alpha value is -0.340. The zero-order valence-corrected chi connectivity index (χ0v) is 11.3. The third kappa shape index (κ3) is 8.93. The highest BCUT2D eigenvalue weighted by Crippen LogP contribution is 2.13. The first-order valence-electron chi connectivity index (χ1n) is 6.55. The van der Waals surface area contributed by atoms with Crippen LogP contribution in [-0.4, -0.2) is 26.3 Å². The van der Waals surface area contributed by atoms with Crippen molar-refractivity contribution in [1.29, 1.82) is 0 Å². The van der Waals surface area contributed by atoms with Crippen LogP contribution < -0.4 is 5.32 Å². The summed E-state index contributed by atoms with van der Waals surface area (Å²) >= 11 is 0. The zero-order chi connectivity index (χ0) is 12.2. The van der Waals surface area contributed by atoms with Gasteiger partial charge in [0.2, 0.25) is 0 Å². The molecule has 0 aromatic carbocycles. The van der Waals surface area contributed by atoms with Gasteiger partial charge in [0.05, 0.1) is 6.61 Å². The maximum atomic E-state index is 5.03. The van der Waals surface area contributed by atoms with Crippen molar-refractivity contribution < 1.29 is 4.74 Å². The molecular weight excluding hydrogens is 198 g/mol. The van der Waals surface area contributed by atoms with E-state index in [1.165, 1.54) is 25.7 Å². The molecule has 0 bridgehead atoms. The number of ether oxygens (including phenoxy) is 1. The van der Waals surface area contributed by atoms with Crippen molar-refractivity contribution in [3.05, 3.63) is 12.7 Å². The number of methoxy groups -OCH3 is 1. The standard InChI is InChI=1S/C14H29NO/c1-5-6-7-8-9-10-13(2)14(3)15-11-12-16-4/h5,13-15H,1,6-12H2,2-4H3. The third-order valence-electron chi connectivity index (χ3n) is 3.19. The van der Waals surface area contributed by atoms with Gasteiger partial charge in [0.1, 0.15) is 0 Å². The first-order valence-corrected chi connectivity index (χ1v) is 6.55. The predicted molar refractivity (Wildman–Crippen MR) is 71.8 cm³/mol. The second-order valence-electron chi connectivity index (χ2n) is 4.64. The molecule has 0 heterocycles. The summed E-state index contributed by atoms with van der Waals surface area (Å²) in [5, 5.41) is 3.49. The molecule has 0 saturated heterocycles. The van der Waals surface area contributed by atoms with Crippen molar-refractivity contribution in [2.45, 2.75) is 52.0 Å². The van der Waals surface area contributed by atoms with Crippen LogP contribution in [0.5, 0.6) is 0 Å². The molecule has 0 fully saturated rings. The van der Waals surface area contributed by atoms with Gasteiger partial charge in [-0.3, -0.25) is 0 Å². The number of nitrogens with one attached hydrogen (secondary N) is 1. The van der Waals surface area contributed by atoms with Crippen LogP contribution in [-0.2, 0) is 4.74 Å². The Kier molecular flexibility index (Phi) is 10.9. The molecule has 2 atom stereocenters. The van der Waals surface area contributed by atoms with E-state index in [0.29, 0.717) is 6.04 Å². The molecule has 0 radical (unpaired) electrons. The highest BCUT2D eigenvalue weighted by Gasteiger charge is 2.10. The van der Waals surface area contributed by atoms with Crippen molar-refractivity contribution in [1.82, 2.24) is 5.32 Å². The SMILES string of the molecule is C=CCCCCCC(C)C(C)NCCOC. The largest absolute Gasteiger partial charge is 0.383 e. The Morgan fingerprint density at radius 2 is 2.00 bits per heavy atom. The average molecular weight is 227 g/mol. The van der Waals surface area contributed by atoms with Crippen LogP contribution in [0.2, 0.25) is 0 Å². The van der Waals surface area contributed by atoms with Crippen molar-refractivity contribution in [3.63, 3.8) is 0 Å². The molecule has 0 aromatic rings. The fourth-order valence-corrected chi connectivity index (χ4v) is 1.77. The first-order chi connectivity index (χ1) is 7.72. The quantitative estimate of drug-likeness (QED) is 0.431. The molecule has 0 rings (SSSR count). The van der Waals surface area contributed by atoms with Crippen LogP contribution >= 0.6 is 0 Å². The molecule has 96 valence electrons. The fourth-order valence-electron chi connectivity index (χ4n) is 1.77. The molecule has 0 spiro atoms. The van der Waals surface area contributed by atoms with Gasteiger partial charge in [-0.1, -0.05) is 25.8 Å². The monoisotopic (exact) mass is 227 g/mol. The zero-order valence-electron chi connectivity index (χ0n) is 11.3. The summed E-state index contributed by atoms with van der Waals surface area (Å²) in [7, 11) is 1.75. The molecule has 2 heteroatoms. The highest BCUT2D eigenvalue weighted by atomic mass is 16.5. The minimum Gasteiger partial charge on any atom is -0.383 e. The van der Waals surface area contributed by atoms with E-state index in [4.69, 9.17) is 4.74 Å². The highest BCUT2D eigenvalue weighted by molar-refractivity contribution is 4.69. The topological polar surface area (TPSA) is 21.3 Å². The minimum absolute atomic E-state index is 0.592. The van der Waals surface area contributed by atoms with E-state index in [-0.39, 0.29) is 0 Å². The van der Waals surface area contributed by atoms with Crippen LogP contribution in [0.25, 0.3) is 0 Å². The van der Waals surface area contributed by atoms with Gasteiger partial charge in [-0.25, -0.2) is 0 Å². The number of allylic oxidation sites excluding steroid dienone is 1. The molecule has 2 nitrogen and oxygen atoms in total. The summed E-state index contributed by atoms with van der Waals surface area (Å²) in [4.78, 5) is 0. The number of rotatable bonds is 11. The summed E-state index contributed by atoms with van der Waals surface area (Å²) < 4.78 is 5.03. The van der Waals surface area contributed by atoms with Crippen LogP contribution in [0.3, 0.4) is 0 Å². The maximum Gasteiger partial charge on any atom is 0.0587 e. The first kappa shape index (κ1) is 15.7. The van der Waals surface area contributed by atoms with Gasteiger partial charge in [-0.05, 0) is 32.1 Å². The van der Waals surface area contributed by atoms with E-state index in [2.05, 4.69) is 25.7 Å². The third-order valence-corrected chi connectivity index (χ3v) is 3.19. The number of hydrogen-bond donors (Lipinski definition) is 1. The smallest absolute Gasteiger partial charge is 0.0587 e. The van der Waals surface area contributed by atoms with E-state index in [1.54, 1.807) is 7.11 Å². The van der Waals surface area contributed by atoms with Crippen molar-refractivity contribution >= 4 is 0 Å². The van der Waals surface area contributed by atoms with Gasteiger partial charge >= 0.3 is 0 Å². The second kappa shape index (κ2) is 11.2. The fraction of sp³-hybridized carbons (Fsp3) is 0.857. The molecule has 0 aromatic heterocycles. The van der Waals surface area contributed by atoms with E-state index in [9.17, 15) is 0 Å². The number of unbranched alkanes of at least 4 members (excludes halogenated alkanes) is 3. The van der Waals surface area contributed by atoms with Gasteiger partial charge in [0, 0.05) is 19.7 Å². The lowest BCUT2D eigenvalue weighted by Crippen LogP contribution is -2.34. The van der Waals surface area contributed by atoms with Crippen molar-refractivity contribution in [2.75, 3.05) is 20.3 Å². The summed E-state index contributed by atoms with van der Waals surface area (Å²) in [6.07, 6.45) is 8.46. The van der Waals surface area contributed by atoms with Crippen molar-refractivity contribution in [2.24, 2.45) is 5.92 Å². The Bertz CT molecular complexity index is 159. The Morgan fingerprint density at radius 1 is 1.25 bits per heavy atom. The van der Waals surface area contributed by atoms with E-state index in [0.717, 1.165) is 25.5 Å². The molecular formula is C14H29NO. The minimum atomic E-state index is 0.592. The molecule has 0 saturated carbocycles. The van der Waals surface area contributed by atoms with Crippen LogP contribution in [0.1, 0.15) is 46.0 Å². The Labute approximate surface area is 101 Å². The van der Waals surface area contributed by atoms with Crippen LogP contribution in [0.15, 0.2) is 12.7 Å². The van der Waals surface area contributed by atoms with Crippen LogP contribution in [0.4, 0.5) is 0 Å². The molecule has 0 amide bonds. The van der Waals surface area contributed by atoms with Crippen LogP contribution in [0, 0.1) is 5.92 Å². The molecule has 0 aliphatic heterocycles. The molecule has 1 N–H and O–H groups in total. The van der Waals surface area contributed by atoms with Gasteiger partial charge in [-0.2, -0.15) is 0 Å². The van der Waals surface area contributed by atoms with E-state index in [1.807, 2.05) is 6.08 Å². The van der Waals surface area contributed by atoms with Gasteiger partial charge in [0.15, 0.2) is 0 Å². The second-order valence-corrected chi connectivity index (χ2v) is 4.64. The van der Waals surface area contributed by atoms with E-state index >= 15 is 0 Å². The molecule has 0 aliphatic rings. The normalized spacial score (nSPS) is 14.7. The lowest BCUT2D eigenvalue weighted by molar-refractivity contribution is 0.192.